The SMILES string of the molecule is Cc1nc(NC(=O)c2c[nH]c(=O)n(Cc3ccccc3F)c2=O)sc1C(=O)N(C)C. The number of aromatic nitrogens is 3. The minimum atomic E-state index is -0.877. The smallest absolute Gasteiger partial charge is 0.328 e. The number of H-pyrrole nitrogens is 1. The molecule has 0 spiro atoms. The maximum absolute atomic E-state index is 13.9. The summed E-state index contributed by atoms with van der Waals surface area (Å²) in [6.07, 6.45) is 0.990. The lowest BCUT2D eigenvalue weighted by atomic mass is 10.2. The summed E-state index contributed by atoms with van der Waals surface area (Å²) in [4.78, 5) is 57.7. The summed E-state index contributed by atoms with van der Waals surface area (Å²) in [6.45, 7) is 1.30. The van der Waals surface area contributed by atoms with Crippen LogP contribution in [0.3, 0.4) is 0 Å². The van der Waals surface area contributed by atoms with Gasteiger partial charge in [0.05, 0.1) is 12.2 Å². The molecule has 9 nitrogen and oxygen atoms in total. The van der Waals surface area contributed by atoms with E-state index in [-0.39, 0.29) is 28.7 Å². The van der Waals surface area contributed by atoms with E-state index in [4.69, 9.17) is 0 Å². The third kappa shape index (κ3) is 4.20. The highest BCUT2D eigenvalue weighted by atomic mass is 32.1. The van der Waals surface area contributed by atoms with Gasteiger partial charge in [-0.3, -0.25) is 24.3 Å². The number of hydrogen-bond donors (Lipinski definition) is 2. The van der Waals surface area contributed by atoms with Crippen LogP contribution < -0.4 is 16.6 Å². The first-order chi connectivity index (χ1) is 14.2. The first kappa shape index (κ1) is 21.1. The molecule has 0 saturated carbocycles. The second kappa shape index (κ2) is 8.41. The highest BCUT2D eigenvalue weighted by Gasteiger charge is 2.20. The molecule has 0 radical (unpaired) electrons. The number of aromatic amines is 1. The van der Waals surface area contributed by atoms with Crippen LogP contribution in [-0.2, 0) is 6.54 Å². The molecule has 0 bridgehead atoms. The largest absolute Gasteiger partial charge is 0.344 e. The van der Waals surface area contributed by atoms with Crippen molar-refractivity contribution in [1.29, 1.82) is 0 Å². The quantitative estimate of drug-likeness (QED) is 0.634. The molecule has 3 rings (SSSR count). The average molecular weight is 431 g/mol. The standard InChI is InChI=1S/C19H18FN5O4S/c1-10-14(17(28)24(2)3)30-18(22-10)23-15(26)12-8-21-19(29)25(16(12)27)9-11-6-4-5-7-13(11)20/h4-8H,9H2,1-3H3,(H,21,29)(H,22,23,26). The maximum atomic E-state index is 13.9. The Morgan fingerprint density at radius 1 is 1.27 bits per heavy atom. The Morgan fingerprint density at radius 3 is 2.63 bits per heavy atom. The lowest BCUT2D eigenvalue weighted by Crippen LogP contribution is -2.39. The van der Waals surface area contributed by atoms with Crippen molar-refractivity contribution >= 4 is 28.3 Å². The minimum absolute atomic E-state index is 0.130. The zero-order chi connectivity index (χ0) is 22.0. The zero-order valence-electron chi connectivity index (χ0n) is 16.4. The van der Waals surface area contributed by atoms with Crippen LogP contribution >= 0.6 is 11.3 Å². The summed E-state index contributed by atoms with van der Waals surface area (Å²) in [5.74, 6) is -1.65. The Hall–Kier alpha value is -3.60. The highest BCUT2D eigenvalue weighted by Crippen LogP contribution is 2.23. The van der Waals surface area contributed by atoms with Crippen LogP contribution in [0.1, 0.15) is 31.3 Å². The van der Waals surface area contributed by atoms with Crippen LogP contribution in [0.25, 0.3) is 0 Å². The summed E-state index contributed by atoms with van der Waals surface area (Å²) < 4.78 is 14.6. The van der Waals surface area contributed by atoms with Gasteiger partial charge in [0.25, 0.3) is 17.4 Å². The molecule has 2 amide bonds. The number of carbonyl (C=O) groups is 2. The van der Waals surface area contributed by atoms with Gasteiger partial charge < -0.3 is 9.88 Å². The molecule has 0 aliphatic carbocycles. The van der Waals surface area contributed by atoms with Gasteiger partial charge in [-0.2, -0.15) is 0 Å². The predicted molar refractivity (Wildman–Crippen MR) is 110 cm³/mol. The number of halogens is 1. The lowest BCUT2D eigenvalue weighted by Gasteiger charge is -2.08. The molecular weight excluding hydrogens is 413 g/mol. The summed E-state index contributed by atoms with van der Waals surface area (Å²) in [5.41, 5.74) is -1.43. The first-order valence-corrected chi connectivity index (χ1v) is 9.57. The van der Waals surface area contributed by atoms with Gasteiger partial charge >= 0.3 is 5.69 Å². The summed E-state index contributed by atoms with van der Waals surface area (Å²) in [5, 5.41) is 2.60. The van der Waals surface area contributed by atoms with Gasteiger partial charge in [-0.25, -0.2) is 14.2 Å². The van der Waals surface area contributed by atoms with Crippen molar-refractivity contribution in [2.24, 2.45) is 0 Å². The minimum Gasteiger partial charge on any atom is -0.344 e. The molecule has 0 unspecified atom stereocenters. The van der Waals surface area contributed by atoms with Crippen LogP contribution in [-0.4, -0.2) is 45.3 Å². The van der Waals surface area contributed by atoms with Gasteiger partial charge in [-0.15, -0.1) is 0 Å². The Kier molecular flexibility index (Phi) is 5.92. The van der Waals surface area contributed by atoms with Crippen LogP contribution in [0.15, 0.2) is 40.1 Å². The van der Waals surface area contributed by atoms with E-state index >= 15 is 0 Å². The van der Waals surface area contributed by atoms with E-state index < -0.39 is 23.0 Å². The molecule has 2 N–H and O–H groups in total. The van der Waals surface area contributed by atoms with Crippen molar-refractivity contribution < 1.29 is 14.0 Å². The summed E-state index contributed by atoms with van der Waals surface area (Å²) >= 11 is 0.972. The normalized spacial score (nSPS) is 10.7. The third-order valence-corrected chi connectivity index (χ3v) is 5.27. The van der Waals surface area contributed by atoms with E-state index in [2.05, 4.69) is 15.3 Å². The van der Waals surface area contributed by atoms with Crippen molar-refractivity contribution in [1.82, 2.24) is 19.4 Å². The maximum Gasteiger partial charge on any atom is 0.328 e. The molecule has 156 valence electrons. The number of thiazole rings is 1. The number of carbonyl (C=O) groups excluding carboxylic acids is 2. The van der Waals surface area contributed by atoms with Crippen LogP contribution in [0.5, 0.6) is 0 Å². The number of amides is 2. The van der Waals surface area contributed by atoms with Crippen LogP contribution in [0.4, 0.5) is 9.52 Å². The molecule has 2 heterocycles. The van der Waals surface area contributed by atoms with E-state index in [9.17, 15) is 23.6 Å². The number of hydrogen-bond acceptors (Lipinski definition) is 6. The van der Waals surface area contributed by atoms with Gasteiger partial charge in [0.2, 0.25) is 0 Å². The molecule has 11 heteroatoms. The molecule has 0 saturated heterocycles. The van der Waals surface area contributed by atoms with E-state index in [1.807, 2.05) is 0 Å². The summed E-state index contributed by atoms with van der Waals surface area (Å²) in [6, 6.07) is 5.71. The first-order valence-electron chi connectivity index (χ1n) is 8.75. The number of anilines is 1. The molecule has 0 fully saturated rings. The Labute approximate surface area is 173 Å². The van der Waals surface area contributed by atoms with E-state index in [1.165, 1.54) is 23.1 Å². The fourth-order valence-electron chi connectivity index (χ4n) is 2.63. The number of benzene rings is 1. The average Bonchev–Trinajstić information content (AvgIpc) is 3.05. The fourth-order valence-corrected chi connectivity index (χ4v) is 3.61. The molecule has 0 aliphatic heterocycles. The van der Waals surface area contributed by atoms with Gasteiger partial charge in [-0.05, 0) is 13.0 Å². The van der Waals surface area contributed by atoms with Gasteiger partial charge in [0.15, 0.2) is 5.13 Å². The number of aryl methyl sites for hydroxylation is 1. The van der Waals surface area contributed by atoms with Crippen molar-refractivity contribution in [2.45, 2.75) is 13.5 Å². The molecule has 3 aromatic rings. The monoisotopic (exact) mass is 431 g/mol. The molecule has 30 heavy (non-hydrogen) atoms. The highest BCUT2D eigenvalue weighted by molar-refractivity contribution is 7.17. The van der Waals surface area contributed by atoms with Gasteiger partial charge in [-0.1, -0.05) is 29.5 Å². The second-order valence-corrected chi connectivity index (χ2v) is 7.58. The lowest BCUT2D eigenvalue weighted by molar-refractivity contribution is 0.0831. The fraction of sp³-hybridized carbons (Fsp3) is 0.211. The Balaban J connectivity index is 1.90. The van der Waals surface area contributed by atoms with E-state index in [1.54, 1.807) is 27.1 Å². The molecule has 1 aromatic carbocycles. The molecule has 0 atom stereocenters. The number of nitrogens with one attached hydrogen (secondary N) is 2. The topological polar surface area (TPSA) is 117 Å². The molecule has 0 aliphatic rings. The Morgan fingerprint density at radius 2 is 1.97 bits per heavy atom. The molecule has 2 aromatic heterocycles. The van der Waals surface area contributed by atoms with Gasteiger partial charge in [0.1, 0.15) is 16.3 Å². The second-order valence-electron chi connectivity index (χ2n) is 6.58. The van der Waals surface area contributed by atoms with Crippen LogP contribution in [0, 0.1) is 12.7 Å². The third-order valence-electron chi connectivity index (χ3n) is 4.21. The van der Waals surface area contributed by atoms with Crippen molar-refractivity contribution in [3.8, 4) is 0 Å². The predicted octanol–water partition coefficient (Wildman–Crippen LogP) is 1.44. The Bertz CT molecular complexity index is 1240. The molecular formula is C19H18FN5O4S. The van der Waals surface area contributed by atoms with Gasteiger partial charge in [0, 0.05) is 25.9 Å². The van der Waals surface area contributed by atoms with E-state index in [0.29, 0.717) is 10.6 Å². The van der Waals surface area contributed by atoms with Crippen molar-refractivity contribution in [3.05, 3.63) is 78.8 Å². The van der Waals surface area contributed by atoms with Crippen LogP contribution in [0.2, 0.25) is 0 Å². The number of nitrogens with zero attached hydrogens (tertiary/aromatic N) is 3. The zero-order valence-corrected chi connectivity index (χ0v) is 17.2. The van der Waals surface area contributed by atoms with Crippen molar-refractivity contribution in [2.75, 3.05) is 19.4 Å². The van der Waals surface area contributed by atoms with E-state index in [0.717, 1.165) is 22.1 Å². The summed E-state index contributed by atoms with van der Waals surface area (Å²) in [7, 11) is 3.19. The van der Waals surface area contributed by atoms with Crippen molar-refractivity contribution in [3.63, 3.8) is 0 Å². The number of rotatable bonds is 5.